The summed E-state index contributed by atoms with van der Waals surface area (Å²) in [6.45, 7) is 4.31. The zero-order chi connectivity index (χ0) is 19.9. The van der Waals surface area contributed by atoms with Gasteiger partial charge in [-0.15, -0.1) is 10.2 Å². The van der Waals surface area contributed by atoms with Gasteiger partial charge in [0.25, 0.3) is 0 Å². The number of nitrogens with zero attached hydrogens (tertiary/aromatic N) is 3. The topological polar surface area (TPSA) is 101 Å². The summed E-state index contributed by atoms with van der Waals surface area (Å²) in [5.41, 5.74) is 2.89. The molecule has 28 heavy (non-hydrogen) atoms. The number of aromatic nitrogens is 2. The SMILES string of the molecule is CCOc1ccc(C#N)cc1NC(=O)CCc1nnc(-c2ccc(C)cc2)o1. The predicted molar refractivity (Wildman–Crippen MR) is 104 cm³/mol. The summed E-state index contributed by atoms with van der Waals surface area (Å²) in [5.74, 6) is 1.11. The van der Waals surface area contributed by atoms with Crippen molar-refractivity contribution < 1.29 is 13.9 Å². The van der Waals surface area contributed by atoms with Gasteiger partial charge >= 0.3 is 0 Å². The average molecular weight is 376 g/mol. The molecule has 0 fully saturated rings. The van der Waals surface area contributed by atoms with Crippen LogP contribution < -0.4 is 10.1 Å². The lowest BCUT2D eigenvalue weighted by Gasteiger charge is -2.11. The quantitative estimate of drug-likeness (QED) is 0.671. The lowest BCUT2D eigenvalue weighted by molar-refractivity contribution is -0.116. The van der Waals surface area contributed by atoms with E-state index in [9.17, 15) is 4.79 Å². The fourth-order valence-corrected chi connectivity index (χ4v) is 2.58. The second kappa shape index (κ2) is 8.82. The van der Waals surface area contributed by atoms with Gasteiger partial charge in [-0.2, -0.15) is 5.26 Å². The van der Waals surface area contributed by atoms with Gasteiger partial charge in [0, 0.05) is 18.4 Å². The number of aryl methyl sites for hydroxylation is 2. The van der Waals surface area contributed by atoms with Crippen molar-refractivity contribution in [1.29, 1.82) is 5.26 Å². The van der Waals surface area contributed by atoms with Crippen LogP contribution >= 0.6 is 0 Å². The Labute approximate surface area is 163 Å². The maximum absolute atomic E-state index is 12.3. The smallest absolute Gasteiger partial charge is 0.247 e. The van der Waals surface area contributed by atoms with Crippen LogP contribution in [0, 0.1) is 18.3 Å². The number of carbonyl (C=O) groups excluding carboxylic acids is 1. The molecular formula is C21H20N4O3. The van der Waals surface area contributed by atoms with Crippen LogP contribution in [0.1, 0.15) is 30.4 Å². The van der Waals surface area contributed by atoms with E-state index in [0.29, 0.717) is 41.8 Å². The minimum Gasteiger partial charge on any atom is -0.492 e. The highest BCUT2D eigenvalue weighted by Crippen LogP contribution is 2.26. The van der Waals surface area contributed by atoms with Crippen molar-refractivity contribution in [1.82, 2.24) is 10.2 Å². The third-order valence-corrected chi connectivity index (χ3v) is 4.01. The van der Waals surface area contributed by atoms with E-state index >= 15 is 0 Å². The average Bonchev–Trinajstić information content (AvgIpc) is 3.17. The Morgan fingerprint density at radius 2 is 2.00 bits per heavy atom. The summed E-state index contributed by atoms with van der Waals surface area (Å²) in [7, 11) is 0. The molecule has 1 amide bonds. The van der Waals surface area contributed by atoms with Crippen LogP contribution in [-0.2, 0) is 11.2 Å². The number of carbonyl (C=O) groups is 1. The molecule has 0 radical (unpaired) electrons. The molecule has 3 rings (SSSR count). The van der Waals surface area contributed by atoms with Gasteiger partial charge < -0.3 is 14.5 Å². The van der Waals surface area contributed by atoms with Crippen molar-refractivity contribution in [2.24, 2.45) is 0 Å². The summed E-state index contributed by atoms with van der Waals surface area (Å²) in [6.07, 6.45) is 0.477. The number of ether oxygens (including phenoxy) is 1. The molecule has 2 aromatic carbocycles. The second-order valence-electron chi connectivity index (χ2n) is 6.17. The van der Waals surface area contributed by atoms with E-state index in [4.69, 9.17) is 14.4 Å². The van der Waals surface area contributed by atoms with Gasteiger partial charge in [0.1, 0.15) is 5.75 Å². The fraction of sp³-hybridized carbons (Fsp3) is 0.238. The van der Waals surface area contributed by atoms with E-state index in [1.165, 1.54) is 0 Å². The van der Waals surface area contributed by atoms with Crippen LogP contribution in [-0.4, -0.2) is 22.7 Å². The van der Waals surface area contributed by atoms with E-state index in [-0.39, 0.29) is 12.3 Å². The Morgan fingerprint density at radius 1 is 1.21 bits per heavy atom. The molecule has 0 unspecified atom stereocenters. The second-order valence-corrected chi connectivity index (χ2v) is 6.17. The van der Waals surface area contributed by atoms with Gasteiger partial charge in [-0.1, -0.05) is 17.7 Å². The maximum Gasteiger partial charge on any atom is 0.247 e. The van der Waals surface area contributed by atoms with Gasteiger partial charge in [0.05, 0.1) is 23.9 Å². The van der Waals surface area contributed by atoms with Crippen molar-refractivity contribution in [2.75, 3.05) is 11.9 Å². The Morgan fingerprint density at radius 3 is 2.71 bits per heavy atom. The fourth-order valence-electron chi connectivity index (χ4n) is 2.58. The molecule has 1 aromatic heterocycles. The molecule has 0 bridgehead atoms. The lowest BCUT2D eigenvalue weighted by Crippen LogP contribution is -2.13. The summed E-state index contributed by atoms with van der Waals surface area (Å²) >= 11 is 0. The highest BCUT2D eigenvalue weighted by molar-refractivity contribution is 5.92. The van der Waals surface area contributed by atoms with Crippen LogP contribution in [0.2, 0.25) is 0 Å². The number of anilines is 1. The van der Waals surface area contributed by atoms with Crippen LogP contribution in [0.15, 0.2) is 46.9 Å². The van der Waals surface area contributed by atoms with Gasteiger partial charge in [0.2, 0.25) is 17.7 Å². The molecule has 0 aliphatic rings. The zero-order valence-electron chi connectivity index (χ0n) is 15.7. The van der Waals surface area contributed by atoms with Crippen molar-refractivity contribution in [3.8, 4) is 23.3 Å². The van der Waals surface area contributed by atoms with Crippen molar-refractivity contribution >= 4 is 11.6 Å². The summed E-state index contributed by atoms with van der Waals surface area (Å²) in [6, 6.07) is 14.7. The molecule has 0 saturated heterocycles. The highest BCUT2D eigenvalue weighted by atomic mass is 16.5. The van der Waals surface area contributed by atoms with E-state index in [2.05, 4.69) is 15.5 Å². The third kappa shape index (κ3) is 4.74. The molecule has 3 aromatic rings. The maximum atomic E-state index is 12.3. The van der Waals surface area contributed by atoms with Gasteiger partial charge in [-0.3, -0.25) is 4.79 Å². The molecule has 7 nitrogen and oxygen atoms in total. The van der Waals surface area contributed by atoms with Crippen molar-refractivity contribution in [2.45, 2.75) is 26.7 Å². The number of amides is 1. The Kier molecular flexibility index (Phi) is 6.02. The summed E-state index contributed by atoms with van der Waals surface area (Å²) < 4.78 is 11.1. The predicted octanol–water partition coefficient (Wildman–Crippen LogP) is 3.89. The molecule has 0 atom stereocenters. The van der Waals surface area contributed by atoms with Crippen LogP contribution in [0.4, 0.5) is 5.69 Å². The van der Waals surface area contributed by atoms with Crippen molar-refractivity contribution in [3.05, 3.63) is 59.5 Å². The molecule has 0 saturated carbocycles. The minimum atomic E-state index is -0.230. The molecule has 0 aliphatic heterocycles. The summed E-state index contributed by atoms with van der Waals surface area (Å²) in [4.78, 5) is 12.3. The van der Waals surface area contributed by atoms with Crippen LogP contribution in [0.25, 0.3) is 11.5 Å². The number of nitrogens with one attached hydrogen (secondary N) is 1. The van der Waals surface area contributed by atoms with E-state index < -0.39 is 0 Å². The van der Waals surface area contributed by atoms with Gasteiger partial charge in [0.15, 0.2) is 0 Å². The number of benzene rings is 2. The molecule has 0 spiro atoms. The van der Waals surface area contributed by atoms with Crippen LogP contribution in [0.3, 0.4) is 0 Å². The standard InChI is InChI=1S/C21H20N4O3/c1-3-27-18-9-6-15(13-22)12-17(18)23-19(26)10-11-20-24-25-21(28-20)16-7-4-14(2)5-8-16/h4-9,12H,3,10-11H2,1-2H3,(H,23,26). The van der Waals surface area contributed by atoms with Gasteiger partial charge in [-0.05, 0) is 44.2 Å². The zero-order valence-corrected chi connectivity index (χ0v) is 15.7. The first-order valence-corrected chi connectivity index (χ1v) is 8.95. The highest BCUT2D eigenvalue weighted by Gasteiger charge is 2.13. The normalized spacial score (nSPS) is 10.3. The number of hydrogen-bond donors (Lipinski definition) is 1. The molecular weight excluding hydrogens is 356 g/mol. The van der Waals surface area contributed by atoms with Crippen molar-refractivity contribution in [3.63, 3.8) is 0 Å². The lowest BCUT2D eigenvalue weighted by atomic mass is 10.1. The minimum absolute atomic E-state index is 0.165. The number of rotatable bonds is 7. The third-order valence-electron chi connectivity index (χ3n) is 4.01. The molecule has 0 aliphatic carbocycles. The first kappa shape index (κ1) is 19.1. The van der Waals surface area contributed by atoms with Gasteiger partial charge in [-0.25, -0.2) is 0 Å². The molecule has 7 heteroatoms. The molecule has 142 valence electrons. The van der Waals surface area contributed by atoms with Crippen LogP contribution in [0.5, 0.6) is 5.75 Å². The monoisotopic (exact) mass is 376 g/mol. The number of hydrogen-bond acceptors (Lipinski definition) is 6. The molecule has 1 heterocycles. The Bertz CT molecular complexity index is 1000. The summed E-state index contributed by atoms with van der Waals surface area (Å²) in [5, 5.41) is 19.9. The Hall–Kier alpha value is -3.66. The first-order valence-electron chi connectivity index (χ1n) is 8.95. The van der Waals surface area contributed by atoms with E-state index in [0.717, 1.165) is 11.1 Å². The van der Waals surface area contributed by atoms with E-state index in [1.54, 1.807) is 18.2 Å². The Balaban J connectivity index is 1.62. The first-order chi connectivity index (χ1) is 13.6. The number of nitriles is 1. The largest absolute Gasteiger partial charge is 0.492 e. The van der Waals surface area contributed by atoms with E-state index in [1.807, 2.05) is 44.2 Å². The molecule has 1 N–H and O–H groups in total.